The lowest BCUT2D eigenvalue weighted by Crippen LogP contribution is -2.19. The molecule has 0 radical (unpaired) electrons. The number of likely N-dealkylation sites (N-methyl/N-ethyl adjacent to an activating group) is 1. The molecular formula is C14H16N4O2. The zero-order chi connectivity index (χ0) is 14.4. The zero-order valence-corrected chi connectivity index (χ0v) is 11.1. The van der Waals surface area contributed by atoms with Gasteiger partial charge in [0.25, 0.3) is 11.5 Å². The fourth-order valence-corrected chi connectivity index (χ4v) is 1.82. The van der Waals surface area contributed by atoms with Gasteiger partial charge in [-0.05, 0) is 37.7 Å². The summed E-state index contributed by atoms with van der Waals surface area (Å²) in [5.41, 5.74) is 1.26. The molecular weight excluding hydrogens is 256 g/mol. The number of anilines is 1. The summed E-state index contributed by atoms with van der Waals surface area (Å²) in [7, 11) is 1.87. The first-order valence-corrected chi connectivity index (χ1v) is 6.30. The van der Waals surface area contributed by atoms with E-state index in [2.05, 4.69) is 20.8 Å². The molecule has 0 saturated heterocycles. The molecule has 2 rings (SSSR count). The molecule has 6 nitrogen and oxygen atoms in total. The normalized spacial score (nSPS) is 10.2. The number of hydrogen-bond donors (Lipinski definition) is 3. The van der Waals surface area contributed by atoms with E-state index < -0.39 is 0 Å². The molecule has 0 bridgehead atoms. The lowest BCUT2D eigenvalue weighted by molar-refractivity contribution is 0.102. The highest BCUT2D eigenvalue weighted by Gasteiger charge is 2.11. The van der Waals surface area contributed by atoms with Gasteiger partial charge < -0.3 is 10.6 Å². The van der Waals surface area contributed by atoms with Crippen LogP contribution in [-0.4, -0.2) is 29.7 Å². The van der Waals surface area contributed by atoms with Gasteiger partial charge in [-0.25, -0.2) is 5.10 Å². The van der Waals surface area contributed by atoms with E-state index in [0.717, 1.165) is 18.5 Å². The molecule has 3 N–H and O–H groups in total. The van der Waals surface area contributed by atoms with Crippen LogP contribution in [0.3, 0.4) is 0 Å². The Balaban J connectivity index is 2.16. The lowest BCUT2D eigenvalue weighted by Gasteiger charge is -2.09. The minimum atomic E-state index is -0.308. The molecule has 0 aliphatic rings. The maximum Gasteiger partial charge on any atom is 0.264 e. The molecule has 20 heavy (non-hydrogen) atoms. The van der Waals surface area contributed by atoms with Crippen molar-refractivity contribution in [1.82, 2.24) is 15.5 Å². The van der Waals surface area contributed by atoms with Crippen LogP contribution in [0.25, 0.3) is 0 Å². The van der Waals surface area contributed by atoms with Crippen molar-refractivity contribution in [2.24, 2.45) is 0 Å². The molecule has 0 spiro atoms. The predicted molar refractivity (Wildman–Crippen MR) is 76.9 cm³/mol. The summed E-state index contributed by atoms with van der Waals surface area (Å²) in [6.07, 6.45) is 0.763. The maximum atomic E-state index is 12.2. The Morgan fingerprint density at radius 2 is 2.05 bits per heavy atom. The highest BCUT2D eigenvalue weighted by molar-refractivity contribution is 6.04. The second-order valence-electron chi connectivity index (χ2n) is 4.27. The molecule has 104 valence electrons. The first-order chi connectivity index (χ1) is 9.70. The molecule has 1 aromatic carbocycles. The van der Waals surface area contributed by atoms with Gasteiger partial charge in [0.1, 0.15) is 0 Å². The van der Waals surface area contributed by atoms with Crippen LogP contribution in [0.1, 0.15) is 15.9 Å². The number of rotatable bonds is 5. The molecule has 0 unspecified atom stereocenters. The number of nitrogens with zero attached hydrogens (tertiary/aromatic N) is 1. The number of benzene rings is 1. The summed E-state index contributed by atoms with van der Waals surface area (Å²) in [5.74, 6) is 0.0780. The number of aromatic amines is 1. The van der Waals surface area contributed by atoms with Gasteiger partial charge in [0, 0.05) is 11.6 Å². The van der Waals surface area contributed by atoms with E-state index >= 15 is 0 Å². The van der Waals surface area contributed by atoms with Crippen LogP contribution in [0.15, 0.2) is 41.2 Å². The quantitative estimate of drug-likeness (QED) is 0.751. The fourth-order valence-electron chi connectivity index (χ4n) is 1.82. The Morgan fingerprint density at radius 3 is 2.75 bits per heavy atom. The van der Waals surface area contributed by atoms with Crippen LogP contribution in [-0.2, 0) is 6.42 Å². The second kappa shape index (κ2) is 6.63. The van der Waals surface area contributed by atoms with Crippen LogP contribution in [0, 0.1) is 0 Å². The van der Waals surface area contributed by atoms with Crippen molar-refractivity contribution in [2.75, 3.05) is 18.9 Å². The first kappa shape index (κ1) is 14.0. The molecule has 0 fully saturated rings. The number of carbonyl (C=O) groups excluding carboxylic acids is 1. The number of nitrogens with one attached hydrogen (secondary N) is 3. The van der Waals surface area contributed by atoms with Crippen molar-refractivity contribution < 1.29 is 4.79 Å². The second-order valence-corrected chi connectivity index (χ2v) is 4.27. The molecule has 0 aliphatic heterocycles. The average Bonchev–Trinajstić information content (AvgIpc) is 2.47. The van der Waals surface area contributed by atoms with Crippen LogP contribution in [0.2, 0.25) is 0 Å². The van der Waals surface area contributed by atoms with Crippen LogP contribution in [0.4, 0.5) is 5.82 Å². The monoisotopic (exact) mass is 272 g/mol. The Bertz CT molecular complexity index is 631. The maximum absolute atomic E-state index is 12.2. The Labute approximate surface area is 116 Å². The number of hydrogen-bond acceptors (Lipinski definition) is 4. The van der Waals surface area contributed by atoms with Gasteiger partial charge in [-0.1, -0.05) is 18.2 Å². The predicted octanol–water partition coefficient (Wildman–Crippen LogP) is 0.784. The number of amides is 1. The van der Waals surface area contributed by atoms with Gasteiger partial charge >= 0.3 is 0 Å². The SMILES string of the molecule is CNCCc1ccccc1C(=O)Nc1ccc(=O)[nH]n1. The van der Waals surface area contributed by atoms with E-state index in [1.165, 1.54) is 12.1 Å². The van der Waals surface area contributed by atoms with Gasteiger partial charge in [0.15, 0.2) is 5.82 Å². The van der Waals surface area contributed by atoms with Crippen molar-refractivity contribution in [3.8, 4) is 0 Å². The minimum Gasteiger partial charge on any atom is -0.319 e. The molecule has 0 atom stereocenters. The molecule has 0 aliphatic carbocycles. The number of H-pyrrole nitrogens is 1. The average molecular weight is 272 g/mol. The van der Waals surface area contributed by atoms with Crippen LogP contribution < -0.4 is 16.2 Å². The molecule has 2 aromatic rings. The van der Waals surface area contributed by atoms with Crippen molar-refractivity contribution >= 4 is 11.7 Å². The van der Waals surface area contributed by atoms with Gasteiger partial charge in [-0.15, -0.1) is 0 Å². The first-order valence-electron chi connectivity index (χ1n) is 6.30. The van der Waals surface area contributed by atoms with E-state index in [0.29, 0.717) is 11.4 Å². The third kappa shape index (κ3) is 3.52. The van der Waals surface area contributed by atoms with Crippen molar-refractivity contribution in [2.45, 2.75) is 6.42 Å². The minimum absolute atomic E-state index is 0.240. The van der Waals surface area contributed by atoms with Gasteiger partial charge in [-0.3, -0.25) is 9.59 Å². The van der Waals surface area contributed by atoms with E-state index in [1.807, 2.05) is 25.2 Å². The largest absolute Gasteiger partial charge is 0.319 e. The van der Waals surface area contributed by atoms with E-state index in [1.54, 1.807) is 6.07 Å². The summed E-state index contributed by atoms with van der Waals surface area (Å²) in [4.78, 5) is 23.1. The third-order valence-electron chi connectivity index (χ3n) is 2.83. The van der Waals surface area contributed by atoms with Crippen molar-refractivity contribution in [1.29, 1.82) is 0 Å². The summed E-state index contributed by atoms with van der Waals surface area (Å²) in [6, 6.07) is 10.2. The Hall–Kier alpha value is -2.47. The summed E-state index contributed by atoms with van der Waals surface area (Å²) < 4.78 is 0. The Kier molecular flexibility index (Phi) is 4.62. The molecule has 0 saturated carbocycles. The molecule has 6 heteroatoms. The van der Waals surface area contributed by atoms with Gasteiger partial charge in [0.2, 0.25) is 0 Å². The molecule has 1 aromatic heterocycles. The topological polar surface area (TPSA) is 86.9 Å². The Morgan fingerprint density at radius 1 is 1.25 bits per heavy atom. The number of carbonyl (C=O) groups is 1. The van der Waals surface area contributed by atoms with E-state index in [9.17, 15) is 9.59 Å². The highest BCUT2D eigenvalue weighted by Crippen LogP contribution is 2.11. The van der Waals surface area contributed by atoms with Crippen molar-refractivity contribution in [3.05, 3.63) is 57.9 Å². The summed E-state index contributed by atoms with van der Waals surface area (Å²) in [5, 5.41) is 11.7. The highest BCUT2D eigenvalue weighted by atomic mass is 16.2. The van der Waals surface area contributed by atoms with Crippen LogP contribution in [0.5, 0.6) is 0 Å². The lowest BCUT2D eigenvalue weighted by atomic mass is 10.0. The molecule has 1 amide bonds. The fraction of sp³-hybridized carbons (Fsp3) is 0.214. The van der Waals surface area contributed by atoms with Crippen molar-refractivity contribution in [3.63, 3.8) is 0 Å². The molecule has 1 heterocycles. The van der Waals surface area contributed by atoms with Gasteiger partial charge in [0.05, 0.1) is 0 Å². The number of aromatic nitrogens is 2. The smallest absolute Gasteiger partial charge is 0.264 e. The van der Waals surface area contributed by atoms with Crippen LogP contribution >= 0.6 is 0 Å². The summed E-state index contributed by atoms with van der Waals surface area (Å²) in [6.45, 7) is 0.793. The van der Waals surface area contributed by atoms with E-state index in [-0.39, 0.29) is 11.5 Å². The van der Waals surface area contributed by atoms with Gasteiger partial charge in [-0.2, -0.15) is 5.10 Å². The van der Waals surface area contributed by atoms with E-state index in [4.69, 9.17) is 0 Å². The zero-order valence-electron chi connectivity index (χ0n) is 11.1. The third-order valence-corrected chi connectivity index (χ3v) is 2.83. The summed E-state index contributed by atoms with van der Waals surface area (Å²) >= 11 is 0. The standard InChI is InChI=1S/C14H16N4O2/c1-15-9-8-10-4-2-3-5-11(10)14(20)16-12-6-7-13(19)18-17-12/h2-7,15H,8-9H2,1H3,(H,18,19)(H,16,17,20).